The molecular formula is C15H19BrClFN2. The van der Waals surface area contributed by atoms with Gasteiger partial charge in [0.05, 0.1) is 20.9 Å². The third-order valence-corrected chi connectivity index (χ3v) is 4.79. The molecule has 2 nitrogen and oxygen atoms in total. The second-order valence-corrected chi connectivity index (χ2v) is 6.85. The van der Waals surface area contributed by atoms with Crippen molar-refractivity contribution in [1.82, 2.24) is 9.55 Å². The summed E-state index contributed by atoms with van der Waals surface area (Å²) >= 11 is 9.47. The van der Waals surface area contributed by atoms with Gasteiger partial charge in [0.15, 0.2) is 0 Å². The Morgan fingerprint density at radius 1 is 1.35 bits per heavy atom. The zero-order chi connectivity index (χ0) is 15.0. The van der Waals surface area contributed by atoms with Gasteiger partial charge in [-0.1, -0.05) is 20.3 Å². The fourth-order valence-electron chi connectivity index (χ4n) is 2.41. The smallest absolute Gasteiger partial charge is 0.139 e. The van der Waals surface area contributed by atoms with Crippen molar-refractivity contribution >= 4 is 38.6 Å². The Hall–Kier alpha value is -0.610. The maximum absolute atomic E-state index is 13.9. The van der Waals surface area contributed by atoms with Crippen molar-refractivity contribution in [1.29, 1.82) is 0 Å². The number of fused-ring (bicyclic) bond motifs is 1. The molecule has 110 valence electrons. The Bertz CT molecular complexity index is 624. The molecule has 0 fully saturated rings. The number of hydrogen-bond acceptors (Lipinski definition) is 1. The highest BCUT2D eigenvalue weighted by molar-refractivity contribution is 9.10. The molecule has 0 saturated heterocycles. The second kappa shape index (κ2) is 6.02. The van der Waals surface area contributed by atoms with Gasteiger partial charge < -0.3 is 4.57 Å². The SMILES string of the molecule is CCC(C)C(C)n1c(C(C)Cl)nc2cc(Br)c(F)cc21. The Kier molecular flexibility index (Phi) is 4.75. The summed E-state index contributed by atoms with van der Waals surface area (Å²) in [7, 11) is 0. The van der Waals surface area contributed by atoms with Crippen molar-refractivity contribution in [3.05, 3.63) is 28.2 Å². The first kappa shape index (κ1) is 15.8. The number of halogens is 3. The number of rotatable bonds is 4. The first-order chi connectivity index (χ1) is 9.36. The van der Waals surface area contributed by atoms with Crippen LogP contribution < -0.4 is 0 Å². The lowest BCUT2D eigenvalue weighted by Crippen LogP contribution is -2.16. The maximum atomic E-state index is 13.9. The minimum Gasteiger partial charge on any atom is -0.324 e. The molecule has 20 heavy (non-hydrogen) atoms. The highest BCUT2D eigenvalue weighted by atomic mass is 79.9. The van der Waals surface area contributed by atoms with E-state index in [-0.39, 0.29) is 17.2 Å². The molecule has 0 aliphatic carbocycles. The molecule has 2 aromatic rings. The normalized spacial score (nSPS) is 16.4. The van der Waals surface area contributed by atoms with Crippen LogP contribution in [0, 0.1) is 11.7 Å². The molecule has 1 aromatic heterocycles. The summed E-state index contributed by atoms with van der Waals surface area (Å²) in [6.45, 7) is 8.38. The minimum absolute atomic E-state index is 0.212. The van der Waals surface area contributed by atoms with Crippen LogP contribution in [0.4, 0.5) is 4.39 Å². The van der Waals surface area contributed by atoms with Gasteiger partial charge in [-0.05, 0) is 41.8 Å². The Labute approximate surface area is 132 Å². The predicted molar refractivity (Wildman–Crippen MR) is 85.8 cm³/mol. The van der Waals surface area contributed by atoms with Gasteiger partial charge in [0.2, 0.25) is 0 Å². The molecule has 3 atom stereocenters. The van der Waals surface area contributed by atoms with Crippen LogP contribution in [0.2, 0.25) is 0 Å². The Morgan fingerprint density at radius 3 is 2.55 bits per heavy atom. The minimum atomic E-state index is -0.274. The summed E-state index contributed by atoms with van der Waals surface area (Å²) in [4.78, 5) is 4.59. The van der Waals surface area contributed by atoms with E-state index in [2.05, 4.69) is 46.3 Å². The lowest BCUT2D eigenvalue weighted by atomic mass is 10.0. The number of alkyl halides is 1. The summed E-state index contributed by atoms with van der Waals surface area (Å²) in [6, 6.07) is 3.48. The molecule has 0 bridgehead atoms. The predicted octanol–water partition coefficient (Wildman–Crippen LogP) is 5.84. The van der Waals surface area contributed by atoms with Crippen LogP contribution in [-0.4, -0.2) is 9.55 Å². The van der Waals surface area contributed by atoms with E-state index in [0.29, 0.717) is 10.4 Å². The molecule has 1 heterocycles. The summed E-state index contributed by atoms with van der Waals surface area (Å²) < 4.78 is 16.4. The van der Waals surface area contributed by atoms with Gasteiger partial charge in [-0.25, -0.2) is 9.37 Å². The quantitative estimate of drug-likeness (QED) is 0.625. The first-order valence-corrected chi connectivity index (χ1v) is 8.10. The number of imidazole rings is 1. The van der Waals surface area contributed by atoms with Crippen LogP contribution in [0.3, 0.4) is 0 Å². The van der Waals surface area contributed by atoms with E-state index >= 15 is 0 Å². The second-order valence-electron chi connectivity index (χ2n) is 5.34. The van der Waals surface area contributed by atoms with E-state index < -0.39 is 0 Å². The third-order valence-electron chi connectivity index (χ3n) is 3.99. The molecule has 0 radical (unpaired) electrons. The van der Waals surface area contributed by atoms with Crippen LogP contribution in [-0.2, 0) is 0 Å². The van der Waals surface area contributed by atoms with E-state index in [1.807, 2.05) is 6.92 Å². The molecule has 5 heteroatoms. The van der Waals surface area contributed by atoms with E-state index in [4.69, 9.17) is 11.6 Å². The summed E-state index contributed by atoms with van der Waals surface area (Å²) in [5.41, 5.74) is 1.58. The molecule has 0 aliphatic rings. The van der Waals surface area contributed by atoms with E-state index in [1.165, 1.54) is 6.07 Å². The van der Waals surface area contributed by atoms with Gasteiger partial charge in [0.1, 0.15) is 11.6 Å². The third kappa shape index (κ3) is 2.73. The molecule has 0 amide bonds. The molecule has 0 spiro atoms. The van der Waals surface area contributed by atoms with Gasteiger partial charge in [-0.3, -0.25) is 0 Å². The molecule has 1 aromatic carbocycles. The van der Waals surface area contributed by atoms with Crippen molar-refractivity contribution in [2.75, 3.05) is 0 Å². The van der Waals surface area contributed by atoms with Crippen molar-refractivity contribution in [3.63, 3.8) is 0 Å². The summed E-state index contributed by atoms with van der Waals surface area (Å²) in [5.74, 6) is 0.990. The van der Waals surface area contributed by atoms with Gasteiger partial charge >= 0.3 is 0 Å². The highest BCUT2D eigenvalue weighted by Gasteiger charge is 2.23. The monoisotopic (exact) mass is 360 g/mol. The van der Waals surface area contributed by atoms with Gasteiger partial charge in [-0.15, -0.1) is 11.6 Å². The van der Waals surface area contributed by atoms with Crippen molar-refractivity contribution in [2.24, 2.45) is 5.92 Å². The average molecular weight is 362 g/mol. The van der Waals surface area contributed by atoms with Crippen LogP contribution in [0.15, 0.2) is 16.6 Å². The van der Waals surface area contributed by atoms with E-state index in [1.54, 1.807) is 6.07 Å². The number of nitrogens with zero attached hydrogens (tertiary/aromatic N) is 2. The van der Waals surface area contributed by atoms with E-state index in [0.717, 1.165) is 23.3 Å². The van der Waals surface area contributed by atoms with Crippen molar-refractivity contribution < 1.29 is 4.39 Å². The zero-order valence-electron chi connectivity index (χ0n) is 12.1. The number of benzene rings is 1. The molecular weight excluding hydrogens is 343 g/mol. The van der Waals surface area contributed by atoms with Gasteiger partial charge in [0, 0.05) is 12.1 Å². The Balaban J connectivity index is 2.71. The standard InChI is InChI=1S/C15H19BrClFN2/c1-5-8(2)10(4)20-14-7-12(18)11(16)6-13(14)19-15(20)9(3)17/h6-10H,5H2,1-4H3. The topological polar surface area (TPSA) is 17.8 Å². The molecule has 0 aliphatic heterocycles. The number of aromatic nitrogens is 2. The van der Waals surface area contributed by atoms with Gasteiger partial charge in [-0.2, -0.15) is 0 Å². The van der Waals surface area contributed by atoms with Crippen molar-refractivity contribution in [2.45, 2.75) is 45.5 Å². The van der Waals surface area contributed by atoms with Crippen molar-refractivity contribution in [3.8, 4) is 0 Å². The molecule has 3 unspecified atom stereocenters. The van der Waals surface area contributed by atoms with Crippen LogP contribution in [0.1, 0.15) is 51.4 Å². The van der Waals surface area contributed by atoms with Gasteiger partial charge in [0.25, 0.3) is 0 Å². The summed E-state index contributed by atoms with van der Waals surface area (Å²) in [6.07, 6.45) is 1.05. The fraction of sp³-hybridized carbons (Fsp3) is 0.533. The summed E-state index contributed by atoms with van der Waals surface area (Å²) in [5, 5.41) is -0.212. The maximum Gasteiger partial charge on any atom is 0.139 e. The largest absolute Gasteiger partial charge is 0.324 e. The number of hydrogen-bond donors (Lipinski definition) is 0. The van der Waals surface area contributed by atoms with E-state index in [9.17, 15) is 4.39 Å². The molecule has 0 N–H and O–H groups in total. The highest BCUT2D eigenvalue weighted by Crippen LogP contribution is 2.33. The average Bonchev–Trinajstić information content (AvgIpc) is 2.76. The first-order valence-electron chi connectivity index (χ1n) is 6.87. The molecule has 2 rings (SSSR count). The van der Waals surface area contributed by atoms with Crippen LogP contribution >= 0.6 is 27.5 Å². The fourth-order valence-corrected chi connectivity index (χ4v) is 2.90. The van der Waals surface area contributed by atoms with Crippen LogP contribution in [0.5, 0.6) is 0 Å². The van der Waals surface area contributed by atoms with Crippen LogP contribution in [0.25, 0.3) is 11.0 Å². The Morgan fingerprint density at radius 2 is 2.00 bits per heavy atom. The lowest BCUT2D eigenvalue weighted by Gasteiger charge is -2.23. The molecule has 0 saturated carbocycles. The lowest BCUT2D eigenvalue weighted by molar-refractivity contribution is 0.368. The zero-order valence-corrected chi connectivity index (χ0v) is 14.5.